The van der Waals surface area contributed by atoms with Gasteiger partial charge in [0.05, 0.1) is 13.1 Å². The van der Waals surface area contributed by atoms with E-state index in [1.165, 1.54) is 19.3 Å². The minimum absolute atomic E-state index is 0.0877. The fraction of sp³-hybridized carbons (Fsp3) is 0.619. The van der Waals surface area contributed by atoms with E-state index < -0.39 is 0 Å². The van der Waals surface area contributed by atoms with Crippen molar-refractivity contribution in [2.24, 2.45) is 10.9 Å². The zero-order valence-electron chi connectivity index (χ0n) is 17.1. The third-order valence-corrected chi connectivity index (χ3v) is 4.60. The van der Waals surface area contributed by atoms with Gasteiger partial charge in [-0.15, -0.1) is 0 Å². The number of rotatable bonds is 9. The first-order valence-corrected chi connectivity index (χ1v) is 10.2. The lowest BCUT2D eigenvalue weighted by atomic mass is 10.1. The van der Waals surface area contributed by atoms with Crippen LogP contribution in [0, 0.1) is 5.92 Å². The van der Waals surface area contributed by atoms with E-state index in [4.69, 9.17) is 0 Å². The Balaban J connectivity index is 1.82. The summed E-state index contributed by atoms with van der Waals surface area (Å²) in [6.07, 6.45) is 3.70. The molecule has 6 heteroatoms. The van der Waals surface area contributed by atoms with E-state index in [-0.39, 0.29) is 5.91 Å². The number of nitrogens with one attached hydrogen (secondary N) is 3. The van der Waals surface area contributed by atoms with Crippen molar-refractivity contribution >= 4 is 17.6 Å². The highest BCUT2D eigenvalue weighted by atomic mass is 16.2. The minimum Gasteiger partial charge on any atom is -0.360 e. The van der Waals surface area contributed by atoms with Gasteiger partial charge in [-0.1, -0.05) is 38.8 Å². The van der Waals surface area contributed by atoms with E-state index in [2.05, 4.69) is 70.9 Å². The van der Waals surface area contributed by atoms with Crippen LogP contribution in [0.4, 0.5) is 5.69 Å². The molecule has 1 aromatic carbocycles. The van der Waals surface area contributed by atoms with E-state index >= 15 is 0 Å². The highest BCUT2D eigenvalue weighted by Gasteiger charge is 2.16. The molecule has 0 unspecified atom stereocenters. The molecular formula is C21H35N5O. The van der Waals surface area contributed by atoms with Crippen LogP contribution in [-0.4, -0.2) is 44.6 Å². The molecular weight excluding hydrogens is 338 g/mol. The van der Waals surface area contributed by atoms with Gasteiger partial charge in [0.2, 0.25) is 5.91 Å². The van der Waals surface area contributed by atoms with Crippen LogP contribution in [0.3, 0.4) is 0 Å². The van der Waals surface area contributed by atoms with Gasteiger partial charge in [-0.05, 0) is 37.0 Å². The lowest BCUT2D eigenvalue weighted by Crippen LogP contribution is -2.47. The molecule has 1 aromatic rings. The molecule has 150 valence electrons. The second-order valence-corrected chi connectivity index (χ2v) is 7.45. The van der Waals surface area contributed by atoms with Crippen molar-refractivity contribution in [1.29, 1.82) is 0 Å². The molecule has 1 aliphatic rings. The van der Waals surface area contributed by atoms with Gasteiger partial charge in [-0.2, -0.15) is 0 Å². The first-order valence-electron chi connectivity index (χ1n) is 10.2. The van der Waals surface area contributed by atoms with Crippen LogP contribution in [0.2, 0.25) is 0 Å². The van der Waals surface area contributed by atoms with Crippen LogP contribution in [0.25, 0.3) is 0 Å². The van der Waals surface area contributed by atoms with E-state index in [0.717, 1.165) is 42.8 Å². The largest absolute Gasteiger partial charge is 0.360 e. The second-order valence-electron chi connectivity index (χ2n) is 7.45. The molecule has 1 saturated heterocycles. The number of hydrogen-bond donors (Lipinski definition) is 3. The van der Waals surface area contributed by atoms with Crippen molar-refractivity contribution in [1.82, 2.24) is 16.0 Å². The second kappa shape index (κ2) is 11.5. The van der Waals surface area contributed by atoms with Gasteiger partial charge in [0.25, 0.3) is 0 Å². The number of unbranched alkanes of at least 4 members (excludes halogenated alkanes) is 1. The zero-order chi connectivity index (χ0) is 19.5. The monoisotopic (exact) mass is 373 g/mol. The number of amides is 1. The molecule has 0 saturated carbocycles. The van der Waals surface area contributed by atoms with Crippen LogP contribution in [0.15, 0.2) is 29.3 Å². The van der Waals surface area contributed by atoms with Gasteiger partial charge in [-0.3, -0.25) is 4.79 Å². The summed E-state index contributed by atoms with van der Waals surface area (Å²) in [6.45, 7) is 11.1. The molecule has 0 spiro atoms. The van der Waals surface area contributed by atoms with E-state index in [1.54, 1.807) is 0 Å². The molecule has 1 amide bonds. The predicted octanol–water partition coefficient (Wildman–Crippen LogP) is 2.50. The summed E-state index contributed by atoms with van der Waals surface area (Å²) in [5, 5.41) is 9.58. The van der Waals surface area contributed by atoms with Crippen molar-refractivity contribution < 1.29 is 4.79 Å². The summed E-state index contributed by atoms with van der Waals surface area (Å²) < 4.78 is 0. The van der Waals surface area contributed by atoms with E-state index in [0.29, 0.717) is 19.6 Å². The Kier molecular flexibility index (Phi) is 8.95. The quantitative estimate of drug-likeness (QED) is 0.353. The van der Waals surface area contributed by atoms with Crippen LogP contribution in [-0.2, 0) is 11.3 Å². The molecule has 0 aliphatic carbocycles. The number of benzene rings is 1. The topological polar surface area (TPSA) is 68.8 Å². The SMILES string of the molecule is CCNC(=NCc1ccc(N2CCNC(=O)C2)cc1)NCCCCC(C)C. The van der Waals surface area contributed by atoms with Crippen LogP contribution in [0.1, 0.15) is 45.6 Å². The van der Waals surface area contributed by atoms with E-state index in [9.17, 15) is 4.79 Å². The minimum atomic E-state index is 0.0877. The summed E-state index contributed by atoms with van der Waals surface area (Å²) in [7, 11) is 0. The molecule has 0 aromatic heterocycles. The highest BCUT2D eigenvalue weighted by Crippen LogP contribution is 2.16. The van der Waals surface area contributed by atoms with Gasteiger partial charge < -0.3 is 20.9 Å². The maximum absolute atomic E-state index is 11.5. The molecule has 1 fully saturated rings. The first kappa shape index (κ1) is 21.1. The van der Waals surface area contributed by atoms with Crippen molar-refractivity contribution in [2.75, 3.05) is 37.6 Å². The van der Waals surface area contributed by atoms with Crippen molar-refractivity contribution in [3.05, 3.63) is 29.8 Å². The Hall–Kier alpha value is -2.24. The summed E-state index contributed by atoms with van der Waals surface area (Å²) in [5.41, 5.74) is 2.25. The molecule has 1 aliphatic heterocycles. The predicted molar refractivity (Wildman–Crippen MR) is 113 cm³/mol. The van der Waals surface area contributed by atoms with Gasteiger partial charge in [0.1, 0.15) is 0 Å². The molecule has 27 heavy (non-hydrogen) atoms. The molecule has 1 heterocycles. The Morgan fingerprint density at radius 3 is 2.67 bits per heavy atom. The lowest BCUT2D eigenvalue weighted by molar-refractivity contribution is -0.120. The van der Waals surface area contributed by atoms with Crippen LogP contribution in [0.5, 0.6) is 0 Å². The maximum atomic E-state index is 11.5. The number of guanidine groups is 1. The Bertz CT molecular complexity index is 597. The Labute approximate surface area is 163 Å². The number of aliphatic imine (C=N–C) groups is 1. The van der Waals surface area contributed by atoms with Gasteiger partial charge in [0, 0.05) is 31.9 Å². The number of anilines is 1. The molecule has 3 N–H and O–H groups in total. The summed E-state index contributed by atoms with van der Waals surface area (Å²) in [5.74, 6) is 1.73. The highest BCUT2D eigenvalue weighted by molar-refractivity contribution is 5.82. The number of hydrogen-bond acceptors (Lipinski definition) is 3. The summed E-state index contributed by atoms with van der Waals surface area (Å²) in [4.78, 5) is 18.3. The van der Waals surface area contributed by atoms with Crippen molar-refractivity contribution in [3.8, 4) is 0 Å². The Morgan fingerprint density at radius 1 is 1.22 bits per heavy atom. The van der Waals surface area contributed by atoms with Crippen molar-refractivity contribution in [2.45, 2.75) is 46.6 Å². The van der Waals surface area contributed by atoms with Gasteiger partial charge >= 0.3 is 0 Å². The molecule has 0 bridgehead atoms. The fourth-order valence-corrected chi connectivity index (χ4v) is 3.07. The Morgan fingerprint density at radius 2 is 2.00 bits per heavy atom. The van der Waals surface area contributed by atoms with Gasteiger partial charge in [0.15, 0.2) is 5.96 Å². The van der Waals surface area contributed by atoms with Gasteiger partial charge in [-0.25, -0.2) is 4.99 Å². The molecule has 0 atom stereocenters. The average Bonchev–Trinajstić information content (AvgIpc) is 2.66. The third kappa shape index (κ3) is 7.89. The van der Waals surface area contributed by atoms with Crippen LogP contribution >= 0.6 is 0 Å². The first-order chi connectivity index (χ1) is 13.1. The number of piperazine rings is 1. The smallest absolute Gasteiger partial charge is 0.239 e. The van der Waals surface area contributed by atoms with E-state index in [1.807, 2.05) is 0 Å². The summed E-state index contributed by atoms with van der Waals surface area (Å²) in [6, 6.07) is 8.35. The average molecular weight is 374 g/mol. The molecule has 6 nitrogen and oxygen atoms in total. The van der Waals surface area contributed by atoms with Crippen LogP contribution < -0.4 is 20.9 Å². The summed E-state index contributed by atoms with van der Waals surface area (Å²) >= 11 is 0. The number of carbonyl (C=O) groups is 1. The third-order valence-electron chi connectivity index (χ3n) is 4.60. The number of nitrogens with zero attached hydrogens (tertiary/aromatic N) is 2. The molecule has 0 radical (unpaired) electrons. The fourth-order valence-electron chi connectivity index (χ4n) is 3.07. The zero-order valence-corrected chi connectivity index (χ0v) is 17.1. The standard InChI is InChI=1S/C21H35N5O/c1-4-22-21(24-12-6-5-7-17(2)3)25-15-18-8-10-19(11-9-18)26-14-13-23-20(27)16-26/h8-11,17H,4-7,12-16H2,1-3H3,(H,23,27)(H2,22,24,25). The number of carbonyl (C=O) groups excluding carboxylic acids is 1. The van der Waals surface area contributed by atoms with Crippen molar-refractivity contribution in [3.63, 3.8) is 0 Å². The normalized spacial score (nSPS) is 15.0. The maximum Gasteiger partial charge on any atom is 0.239 e. The lowest BCUT2D eigenvalue weighted by Gasteiger charge is -2.28. The molecule has 2 rings (SSSR count).